The van der Waals surface area contributed by atoms with Gasteiger partial charge in [-0.1, -0.05) is 149 Å². The van der Waals surface area contributed by atoms with Gasteiger partial charge >= 0.3 is 0 Å². The average molecular weight is 831 g/mol. The van der Waals surface area contributed by atoms with Crippen LogP contribution in [0.3, 0.4) is 0 Å². The van der Waals surface area contributed by atoms with Gasteiger partial charge in [0.15, 0.2) is 0 Å². The van der Waals surface area contributed by atoms with Crippen LogP contribution in [0.15, 0.2) is 103 Å². The average Bonchev–Trinajstić information content (AvgIpc) is 3.67. The van der Waals surface area contributed by atoms with Crippen molar-refractivity contribution in [2.75, 3.05) is 9.80 Å². The van der Waals surface area contributed by atoms with E-state index in [2.05, 4.69) is 196 Å². The number of benzene rings is 6. The topological polar surface area (TPSA) is 6.48 Å². The maximum Gasteiger partial charge on any atom is 0.252 e. The Morgan fingerprint density at radius 3 is 1.98 bits per heavy atom. The van der Waals surface area contributed by atoms with Crippen LogP contribution in [0.1, 0.15) is 141 Å². The summed E-state index contributed by atoms with van der Waals surface area (Å²) in [7, 11) is 0. The van der Waals surface area contributed by atoms with Crippen molar-refractivity contribution in [2.45, 2.75) is 142 Å². The summed E-state index contributed by atoms with van der Waals surface area (Å²) in [5, 5.41) is 2.72. The lowest BCUT2D eigenvalue weighted by Gasteiger charge is -2.53. The van der Waals surface area contributed by atoms with Gasteiger partial charge in [-0.05, 0) is 141 Å². The van der Waals surface area contributed by atoms with Crippen molar-refractivity contribution in [3.8, 4) is 0 Å². The molecule has 0 bridgehead atoms. The standard InChI is InChI=1S/C58H63BN2S/c1-35-26-48-52-49(27-35)61-53-43(57(11)24-16-17-25-58(57,61)12)30-40(56(8,9)10)31-45(53)59(52)44-34-51-42(41-22-20-39(55(5,6)7)32-50(41)62-51)33-47(44)60(48)46-23-21-38(54(2,3)4)29-37(46)28-36-18-14-13-15-19-36/h13-15,18-23,26-27,29-34H,16-17,24-25,28H2,1-12H3. The summed E-state index contributed by atoms with van der Waals surface area (Å²) in [5.41, 5.74) is 21.3. The molecule has 0 spiro atoms. The molecule has 4 heterocycles. The van der Waals surface area contributed by atoms with E-state index in [9.17, 15) is 0 Å². The molecule has 314 valence electrons. The van der Waals surface area contributed by atoms with Crippen LogP contribution in [0.2, 0.25) is 0 Å². The number of hydrogen-bond donors (Lipinski definition) is 0. The minimum Gasteiger partial charge on any atom is -0.335 e. The van der Waals surface area contributed by atoms with Gasteiger partial charge in [-0.2, -0.15) is 0 Å². The van der Waals surface area contributed by atoms with Crippen LogP contribution >= 0.6 is 11.3 Å². The van der Waals surface area contributed by atoms with Crippen molar-refractivity contribution in [1.29, 1.82) is 0 Å². The third-order valence-electron chi connectivity index (χ3n) is 15.9. The molecule has 2 atom stereocenters. The Labute approximate surface area is 375 Å². The first-order valence-electron chi connectivity index (χ1n) is 23.4. The van der Waals surface area contributed by atoms with Gasteiger partial charge < -0.3 is 9.80 Å². The van der Waals surface area contributed by atoms with E-state index >= 15 is 0 Å². The van der Waals surface area contributed by atoms with E-state index in [0.717, 1.165) is 6.42 Å². The van der Waals surface area contributed by atoms with Crippen molar-refractivity contribution in [3.05, 3.63) is 142 Å². The minimum absolute atomic E-state index is 0.0155. The zero-order valence-corrected chi connectivity index (χ0v) is 40.0. The highest BCUT2D eigenvalue weighted by atomic mass is 32.1. The molecule has 6 aromatic carbocycles. The Morgan fingerprint density at radius 1 is 0.597 bits per heavy atom. The van der Waals surface area contributed by atoms with Crippen LogP contribution in [0, 0.1) is 6.92 Å². The highest BCUT2D eigenvalue weighted by Gasteiger charge is 2.61. The number of thiophene rings is 1. The molecule has 1 aromatic heterocycles. The molecule has 1 fully saturated rings. The molecule has 4 aliphatic rings. The van der Waals surface area contributed by atoms with Gasteiger partial charge in [-0.15, -0.1) is 11.3 Å². The molecular weight excluding hydrogens is 768 g/mol. The predicted octanol–water partition coefficient (Wildman–Crippen LogP) is 14.2. The predicted molar refractivity (Wildman–Crippen MR) is 272 cm³/mol. The highest BCUT2D eigenvalue weighted by Crippen LogP contribution is 2.62. The fourth-order valence-electron chi connectivity index (χ4n) is 12.1. The highest BCUT2D eigenvalue weighted by molar-refractivity contribution is 7.26. The molecule has 2 unspecified atom stereocenters. The molecule has 62 heavy (non-hydrogen) atoms. The van der Waals surface area contributed by atoms with E-state index in [-0.39, 0.29) is 33.9 Å². The Bertz CT molecular complexity index is 3010. The van der Waals surface area contributed by atoms with Crippen LogP contribution in [0.5, 0.6) is 0 Å². The Morgan fingerprint density at radius 2 is 1.26 bits per heavy atom. The summed E-state index contributed by atoms with van der Waals surface area (Å²) < 4.78 is 2.76. The molecule has 3 aliphatic heterocycles. The smallest absolute Gasteiger partial charge is 0.252 e. The van der Waals surface area contributed by atoms with E-state index < -0.39 is 0 Å². The first-order chi connectivity index (χ1) is 29.3. The van der Waals surface area contributed by atoms with Gasteiger partial charge in [-0.3, -0.25) is 0 Å². The number of aryl methyl sites for hydroxylation is 1. The Kier molecular flexibility index (Phi) is 8.48. The van der Waals surface area contributed by atoms with Gasteiger partial charge in [0.2, 0.25) is 0 Å². The minimum atomic E-state index is -0.0243. The van der Waals surface area contributed by atoms with Crippen molar-refractivity contribution >= 4 is 83.0 Å². The third-order valence-corrected chi connectivity index (χ3v) is 17.0. The molecule has 11 rings (SSSR count). The number of nitrogens with zero attached hydrogens (tertiary/aromatic N) is 2. The summed E-state index contributed by atoms with van der Waals surface area (Å²) in [6.07, 6.45) is 5.85. The monoisotopic (exact) mass is 830 g/mol. The van der Waals surface area contributed by atoms with Crippen molar-refractivity contribution < 1.29 is 0 Å². The van der Waals surface area contributed by atoms with Crippen molar-refractivity contribution in [3.63, 3.8) is 0 Å². The maximum absolute atomic E-state index is 2.90. The molecule has 2 nitrogen and oxygen atoms in total. The summed E-state index contributed by atoms with van der Waals surface area (Å²) in [5.74, 6) is 0. The molecular formula is C58H63BN2S. The second-order valence-corrected chi connectivity index (χ2v) is 24.2. The fourth-order valence-corrected chi connectivity index (χ4v) is 13.3. The number of hydrogen-bond acceptors (Lipinski definition) is 3. The normalized spacial score (nSPS) is 20.4. The van der Waals surface area contributed by atoms with E-state index in [4.69, 9.17) is 0 Å². The van der Waals surface area contributed by atoms with Gasteiger partial charge in [0.25, 0.3) is 6.71 Å². The largest absolute Gasteiger partial charge is 0.335 e. The molecule has 0 N–H and O–H groups in total. The maximum atomic E-state index is 2.90. The molecule has 1 aliphatic carbocycles. The summed E-state index contributed by atoms with van der Waals surface area (Å²) >= 11 is 1.98. The fraction of sp³-hybridized carbons (Fsp3) is 0.379. The van der Waals surface area contributed by atoms with E-state index in [1.54, 1.807) is 5.56 Å². The lowest BCUT2D eigenvalue weighted by atomic mass is 9.33. The first kappa shape index (κ1) is 40.0. The lowest BCUT2D eigenvalue weighted by Crippen LogP contribution is -2.64. The van der Waals surface area contributed by atoms with Gasteiger partial charge in [-0.25, -0.2) is 0 Å². The molecule has 0 amide bonds. The van der Waals surface area contributed by atoms with Crippen molar-refractivity contribution in [2.24, 2.45) is 0 Å². The van der Waals surface area contributed by atoms with Crippen LogP contribution in [0.25, 0.3) is 20.2 Å². The van der Waals surface area contributed by atoms with Crippen molar-refractivity contribution in [1.82, 2.24) is 0 Å². The van der Waals surface area contributed by atoms with E-state index in [0.29, 0.717) is 0 Å². The first-order valence-corrected chi connectivity index (χ1v) is 24.2. The van der Waals surface area contributed by atoms with Gasteiger partial charge in [0.05, 0.1) is 5.54 Å². The van der Waals surface area contributed by atoms with Crippen LogP contribution in [0.4, 0.5) is 28.4 Å². The molecule has 0 saturated heterocycles. The van der Waals surface area contributed by atoms with Crippen LogP contribution < -0.4 is 26.2 Å². The molecule has 7 aromatic rings. The quantitative estimate of drug-likeness (QED) is 0.164. The third kappa shape index (κ3) is 5.67. The van der Waals surface area contributed by atoms with E-state index in [1.807, 2.05) is 11.3 Å². The second-order valence-electron chi connectivity index (χ2n) is 23.1. The lowest BCUT2D eigenvalue weighted by molar-refractivity contribution is 0.195. The van der Waals surface area contributed by atoms with Gasteiger partial charge in [0, 0.05) is 54.0 Å². The Balaban J connectivity index is 1.27. The molecule has 1 saturated carbocycles. The Hall–Kier alpha value is -4.80. The van der Waals surface area contributed by atoms with Crippen LogP contribution in [-0.2, 0) is 28.1 Å². The molecule has 0 radical (unpaired) electrons. The zero-order valence-electron chi connectivity index (χ0n) is 39.2. The van der Waals surface area contributed by atoms with Gasteiger partial charge in [0.1, 0.15) is 0 Å². The molecule has 4 heteroatoms. The van der Waals surface area contributed by atoms with Crippen LogP contribution in [-0.4, -0.2) is 12.3 Å². The van der Waals surface area contributed by atoms with E-state index in [1.165, 1.54) is 124 Å². The number of anilines is 5. The number of rotatable bonds is 3. The SMILES string of the molecule is Cc1cc2c3c(c1)N1c4c(cc(C(C)(C)C)cc4C4(C)CCCCC14C)B3c1cc3sc4cc(C(C)(C)C)ccc4c3cc1N2c1ccc(C(C)(C)C)cc1Cc1ccccc1. The second kappa shape index (κ2) is 13.1. The zero-order chi connectivity index (χ0) is 43.5. The summed E-state index contributed by atoms with van der Waals surface area (Å²) in [6.45, 7) is 29.0. The number of fused-ring (bicyclic) bond motifs is 10. The summed E-state index contributed by atoms with van der Waals surface area (Å²) in [6, 6.07) is 41.4. The summed E-state index contributed by atoms with van der Waals surface area (Å²) in [4.78, 5) is 5.61.